The van der Waals surface area contributed by atoms with Gasteiger partial charge in [-0.05, 0) is 67.7 Å². The van der Waals surface area contributed by atoms with Crippen molar-refractivity contribution >= 4 is 12.4 Å². The third-order valence-electron chi connectivity index (χ3n) is 5.53. The van der Waals surface area contributed by atoms with Crippen LogP contribution in [0.1, 0.15) is 32.1 Å². The lowest BCUT2D eigenvalue weighted by Gasteiger charge is -2.58. The lowest BCUT2D eigenvalue weighted by molar-refractivity contribution is -0.0804. The summed E-state index contributed by atoms with van der Waals surface area (Å²) in [5.74, 6) is 4.48. The number of nitrogens with one attached hydrogen (secondary N) is 1. The summed E-state index contributed by atoms with van der Waals surface area (Å²) in [5.41, 5.74) is 0.800. The van der Waals surface area contributed by atoms with Crippen molar-refractivity contribution in [1.29, 1.82) is 0 Å². The fourth-order valence-electron chi connectivity index (χ4n) is 5.45. The lowest BCUT2D eigenvalue weighted by atomic mass is 9.46. The maximum Gasteiger partial charge on any atom is 0.00114 e. The highest BCUT2D eigenvalue weighted by molar-refractivity contribution is 5.85. The van der Waals surface area contributed by atoms with Gasteiger partial charge in [-0.3, -0.25) is 0 Å². The predicted octanol–water partition coefficient (Wildman–Crippen LogP) is 2.45. The molecule has 80 valence electrons. The first-order chi connectivity index (χ1) is 6.36. The molecule has 5 aliphatic rings. The van der Waals surface area contributed by atoms with Crippen molar-refractivity contribution in [3.63, 3.8) is 0 Å². The van der Waals surface area contributed by atoms with Crippen molar-refractivity contribution in [1.82, 2.24) is 5.32 Å². The van der Waals surface area contributed by atoms with Gasteiger partial charge in [0.1, 0.15) is 0 Å². The van der Waals surface area contributed by atoms with Crippen molar-refractivity contribution in [2.45, 2.75) is 32.1 Å². The van der Waals surface area contributed by atoms with E-state index in [0.29, 0.717) is 0 Å². The number of rotatable bonds is 0. The topological polar surface area (TPSA) is 12.0 Å². The number of halogens is 1. The summed E-state index contributed by atoms with van der Waals surface area (Å²) in [7, 11) is 0. The van der Waals surface area contributed by atoms with Gasteiger partial charge >= 0.3 is 0 Å². The fourth-order valence-corrected chi connectivity index (χ4v) is 5.45. The molecule has 0 aromatic rings. The molecule has 4 saturated carbocycles. The highest BCUT2D eigenvalue weighted by Crippen LogP contribution is 2.63. The summed E-state index contributed by atoms with van der Waals surface area (Å²) >= 11 is 0. The second-order valence-corrected chi connectivity index (χ2v) is 6.21. The Balaban J connectivity index is 0.000000640. The van der Waals surface area contributed by atoms with Crippen molar-refractivity contribution in [3.05, 3.63) is 0 Å². The largest absolute Gasteiger partial charge is 0.316 e. The molecule has 5 fully saturated rings. The third kappa shape index (κ3) is 1.01. The molecule has 2 heteroatoms. The molecule has 1 aliphatic heterocycles. The van der Waals surface area contributed by atoms with Crippen LogP contribution in [0.5, 0.6) is 0 Å². The van der Waals surface area contributed by atoms with Gasteiger partial charge in [-0.15, -0.1) is 12.4 Å². The molecule has 1 spiro atoms. The quantitative estimate of drug-likeness (QED) is 0.652. The van der Waals surface area contributed by atoms with Gasteiger partial charge in [0.2, 0.25) is 0 Å². The van der Waals surface area contributed by atoms with Gasteiger partial charge in [-0.25, -0.2) is 0 Å². The van der Waals surface area contributed by atoms with Gasteiger partial charge in [0.25, 0.3) is 0 Å². The first-order valence-corrected chi connectivity index (χ1v) is 6.06. The fraction of sp³-hybridized carbons (Fsp3) is 1.00. The molecule has 1 heterocycles. The van der Waals surface area contributed by atoms with Crippen molar-refractivity contribution in [2.75, 3.05) is 13.1 Å². The lowest BCUT2D eigenvalue weighted by Crippen LogP contribution is -2.52. The molecular weight excluding hydrogens is 194 g/mol. The predicted molar refractivity (Wildman–Crippen MR) is 59.6 cm³/mol. The second-order valence-electron chi connectivity index (χ2n) is 6.21. The van der Waals surface area contributed by atoms with E-state index in [2.05, 4.69) is 5.32 Å². The summed E-state index contributed by atoms with van der Waals surface area (Å²) in [4.78, 5) is 0. The summed E-state index contributed by atoms with van der Waals surface area (Å²) in [6, 6.07) is 0. The van der Waals surface area contributed by atoms with E-state index in [9.17, 15) is 0 Å². The van der Waals surface area contributed by atoms with Crippen molar-refractivity contribution in [2.24, 2.45) is 29.1 Å². The van der Waals surface area contributed by atoms with Crippen LogP contribution in [-0.2, 0) is 0 Å². The zero-order valence-corrected chi connectivity index (χ0v) is 9.48. The van der Waals surface area contributed by atoms with E-state index >= 15 is 0 Å². The van der Waals surface area contributed by atoms with Crippen LogP contribution in [0, 0.1) is 29.1 Å². The summed E-state index contributed by atoms with van der Waals surface area (Å²) in [6.45, 7) is 2.71. The minimum atomic E-state index is 0. The Morgan fingerprint density at radius 3 is 2.43 bits per heavy atom. The van der Waals surface area contributed by atoms with E-state index < -0.39 is 0 Å². The van der Waals surface area contributed by atoms with Crippen LogP contribution in [0.2, 0.25) is 0 Å². The molecule has 1 nitrogen and oxygen atoms in total. The van der Waals surface area contributed by atoms with E-state index in [4.69, 9.17) is 0 Å². The molecule has 3 unspecified atom stereocenters. The monoisotopic (exact) mass is 213 g/mol. The van der Waals surface area contributed by atoms with Crippen LogP contribution in [0.3, 0.4) is 0 Å². The van der Waals surface area contributed by atoms with Gasteiger partial charge in [0.05, 0.1) is 0 Å². The minimum absolute atomic E-state index is 0. The average molecular weight is 214 g/mol. The highest BCUT2D eigenvalue weighted by Gasteiger charge is 2.58. The normalized spacial score (nSPS) is 58.3. The van der Waals surface area contributed by atoms with E-state index in [0.717, 1.165) is 29.1 Å². The standard InChI is InChI=1S/C12H19N.ClH/c1-8-2-10-3-9(1)5-12(4-8)7-13-6-11(10)12;/h8-11,13H,1-7H2;1H/t8-,9+,10?,11?,12?;. The third-order valence-corrected chi connectivity index (χ3v) is 5.53. The Kier molecular flexibility index (Phi) is 1.95. The number of hydrogen-bond acceptors (Lipinski definition) is 1. The van der Waals surface area contributed by atoms with Crippen LogP contribution in [0.4, 0.5) is 0 Å². The Bertz CT molecular complexity index is 239. The molecule has 4 bridgehead atoms. The summed E-state index contributed by atoms with van der Waals surface area (Å²) < 4.78 is 0. The zero-order chi connectivity index (χ0) is 8.47. The Morgan fingerprint density at radius 1 is 1.00 bits per heavy atom. The Hall–Kier alpha value is 0.250. The van der Waals surface area contributed by atoms with Gasteiger partial charge in [-0.1, -0.05) is 0 Å². The molecular formula is C12H20ClN. The van der Waals surface area contributed by atoms with Crippen LogP contribution in [-0.4, -0.2) is 13.1 Å². The van der Waals surface area contributed by atoms with E-state index in [1.54, 1.807) is 32.1 Å². The van der Waals surface area contributed by atoms with Crippen LogP contribution >= 0.6 is 12.4 Å². The van der Waals surface area contributed by atoms with E-state index in [-0.39, 0.29) is 12.4 Å². The highest BCUT2D eigenvalue weighted by atomic mass is 35.5. The maximum atomic E-state index is 3.67. The second kappa shape index (κ2) is 2.89. The van der Waals surface area contributed by atoms with Crippen LogP contribution in [0.15, 0.2) is 0 Å². The average Bonchev–Trinajstić information content (AvgIpc) is 2.46. The molecule has 0 radical (unpaired) electrons. The van der Waals surface area contributed by atoms with Crippen LogP contribution in [0.25, 0.3) is 0 Å². The summed E-state index contributed by atoms with van der Waals surface area (Å²) in [6.07, 6.45) is 7.93. The molecule has 1 N–H and O–H groups in total. The smallest absolute Gasteiger partial charge is 0.00114 e. The van der Waals surface area contributed by atoms with Gasteiger partial charge in [0.15, 0.2) is 0 Å². The van der Waals surface area contributed by atoms with Crippen molar-refractivity contribution < 1.29 is 0 Å². The molecule has 5 atom stereocenters. The molecule has 5 rings (SSSR count). The summed E-state index contributed by atoms with van der Waals surface area (Å²) in [5, 5.41) is 3.67. The van der Waals surface area contributed by atoms with Gasteiger partial charge < -0.3 is 5.32 Å². The first-order valence-electron chi connectivity index (χ1n) is 6.06. The van der Waals surface area contributed by atoms with Gasteiger partial charge in [0, 0.05) is 6.54 Å². The SMILES string of the molecule is C1NCC23C[C@@H]4CC(C[C@@H](C4)C2)C13.Cl. The molecule has 0 amide bonds. The molecule has 1 saturated heterocycles. The molecule has 0 aromatic carbocycles. The first kappa shape index (κ1) is 9.47. The Morgan fingerprint density at radius 2 is 1.71 bits per heavy atom. The van der Waals surface area contributed by atoms with E-state index in [1.807, 2.05) is 0 Å². The van der Waals surface area contributed by atoms with Crippen LogP contribution < -0.4 is 5.32 Å². The zero-order valence-electron chi connectivity index (χ0n) is 8.67. The minimum Gasteiger partial charge on any atom is -0.316 e. The molecule has 4 aliphatic carbocycles. The van der Waals surface area contributed by atoms with E-state index in [1.165, 1.54) is 13.1 Å². The maximum absolute atomic E-state index is 3.67. The van der Waals surface area contributed by atoms with Gasteiger partial charge in [-0.2, -0.15) is 0 Å². The van der Waals surface area contributed by atoms with Crippen molar-refractivity contribution in [3.8, 4) is 0 Å². The Labute approximate surface area is 92.4 Å². The molecule has 14 heavy (non-hydrogen) atoms. The number of hydrogen-bond donors (Lipinski definition) is 1. The molecule has 0 aromatic heterocycles.